The van der Waals surface area contributed by atoms with E-state index < -0.39 is 0 Å². The molecule has 0 unspecified atom stereocenters. The number of carbonyl (C=O) groups excluding carboxylic acids is 1. The molecule has 0 fully saturated rings. The van der Waals surface area contributed by atoms with Crippen LogP contribution in [0.3, 0.4) is 0 Å². The normalized spacial score (nSPS) is 12.4. The Morgan fingerprint density at radius 2 is 1.92 bits per heavy atom. The zero-order valence-electron chi connectivity index (χ0n) is 13.0. The lowest BCUT2D eigenvalue weighted by Gasteiger charge is -2.15. The minimum absolute atomic E-state index is 0.127. The first-order valence-electron chi connectivity index (χ1n) is 7.90. The minimum atomic E-state index is -0.127. The number of hydrogen-bond donors (Lipinski definition) is 2. The molecule has 0 atom stereocenters. The van der Waals surface area contributed by atoms with Gasteiger partial charge in [-0.1, -0.05) is 48.0 Å². The van der Waals surface area contributed by atoms with Gasteiger partial charge in [0.15, 0.2) is 0 Å². The number of rotatable bonds is 3. The van der Waals surface area contributed by atoms with Gasteiger partial charge in [-0.2, -0.15) is 5.10 Å². The number of H-pyrrole nitrogens is 1. The third-order valence-electron chi connectivity index (χ3n) is 4.38. The molecule has 2 aromatic carbocycles. The molecule has 4 rings (SSSR count). The zero-order chi connectivity index (χ0) is 16.5. The minimum Gasteiger partial charge on any atom is -0.347 e. The largest absolute Gasteiger partial charge is 0.347 e. The number of aryl methyl sites for hydroxylation is 1. The predicted octanol–water partition coefficient (Wildman–Crippen LogP) is 3.76. The van der Waals surface area contributed by atoms with Gasteiger partial charge in [0, 0.05) is 22.7 Å². The predicted molar refractivity (Wildman–Crippen MR) is 94.1 cm³/mol. The van der Waals surface area contributed by atoms with Crippen LogP contribution in [0.5, 0.6) is 0 Å². The van der Waals surface area contributed by atoms with Gasteiger partial charge in [0.2, 0.25) is 0 Å². The molecule has 0 saturated carbocycles. The van der Waals surface area contributed by atoms with Gasteiger partial charge in [-0.3, -0.25) is 9.89 Å². The first-order valence-corrected chi connectivity index (χ1v) is 8.28. The number of nitrogens with zero attached hydrogens (tertiary/aromatic N) is 1. The molecule has 1 amide bonds. The van der Waals surface area contributed by atoms with Gasteiger partial charge < -0.3 is 5.32 Å². The van der Waals surface area contributed by atoms with Crippen molar-refractivity contribution in [1.29, 1.82) is 0 Å². The number of fused-ring (bicyclic) bond motifs is 3. The molecule has 0 spiro atoms. The maximum absolute atomic E-state index is 12.5. The molecule has 2 N–H and O–H groups in total. The van der Waals surface area contributed by atoms with Crippen molar-refractivity contribution in [2.45, 2.75) is 19.4 Å². The molecule has 120 valence electrons. The van der Waals surface area contributed by atoms with E-state index in [0.29, 0.717) is 17.3 Å². The van der Waals surface area contributed by atoms with Crippen LogP contribution in [0, 0.1) is 0 Å². The first kappa shape index (κ1) is 15.0. The number of hydrogen-bond acceptors (Lipinski definition) is 2. The molecule has 24 heavy (non-hydrogen) atoms. The van der Waals surface area contributed by atoms with E-state index in [-0.39, 0.29) is 5.91 Å². The van der Waals surface area contributed by atoms with Crippen molar-refractivity contribution in [3.8, 4) is 11.3 Å². The third kappa shape index (κ3) is 2.69. The van der Waals surface area contributed by atoms with Crippen molar-refractivity contribution >= 4 is 17.5 Å². The maximum atomic E-state index is 12.5. The Kier molecular flexibility index (Phi) is 3.82. The lowest BCUT2D eigenvalue weighted by atomic mass is 9.89. The highest BCUT2D eigenvalue weighted by atomic mass is 35.5. The van der Waals surface area contributed by atoms with Crippen LogP contribution in [0.1, 0.15) is 27.2 Å². The van der Waals surface area contributed by atoms with E-state index in [1.165, 1.54) is 5.56 Å². The summed E-state index contributed by atoms with van der Waals surface area (Å²) in [5, 5.41) is 10.9. The number of aromatic nitrogens is 2. The van der Waals surface area contributed by atoms with Crippen molar-refractivity contribution in [3.63, 3.8) is 0 Å². The maximum Gasteiger partial charge on any atom is 0.269 e. The molecule has 1 aliphatic rings. The average molecular weight is 338 g/mol. The van der Waals surface area contributed by atoms with Crippen LogP contribution in [-0.2, 0) is 19.4 Å². The number of amides is 1. The molecular weight excluding hydrogens is 322 g/mol. The van der Waals surface area contributed by atoms with Gasteiger partial charge in [0.1, 0.15) is 5.69 Å². The molecule has 1 aromatic heterocycles. The van der Waals surface area contributed by atoms with E-state index in [4.69, 9.17) is 11.6 Å². The summed E-state index contributed by atoms with van der Waals surface area (Å²) in [5.74, 6) is -0.127. The molecular formula is C19H16ClN3O. The summed E-state index contributed by atoms with van der Waals surface area (Å²) in [4.78, 5) is 12.5. The molecule has 0 bridgehead atoms. The highest BCUT2D eigenvalue weighted by Crippen LogP contribution is 2.33. The fraction of sp³-hybridized carbons (Fsp3) is 0.158. The second-order valence-corrected chi connectivity index (χ2v) is 6.33. The van der Waals surface area contributed by atoms with E-state index in [1.54, 1.807) is 0 Å². The topological polar surface area (TPSA) is 57.8 Å². The van der Waals surface area contributed by atoms with Crippen LogP contribution in [0.4, 0.5) is 0 Å². The Labute approximate surface area is 144 Å². The number of aromatic amines is 1. The van der Waals surface area contributed by atoms with Gasteiger partial charge in [0.05, 0.1) is 5.69 Å². The van der Waals surface area contributed by atoms with Gasteiger partial charge in [-0.05, 0) is 36.1 Å². The van der Waals surface area contributed by atoms with Crippen molar-refractivity contribution in [2.75, 3.05) is 0 Å². The Balaban J connectivity index is 1.55. The molecule has 4 nitrogen and oxygen atoms in total. The summed E-state index contributed by atoms with van der Waals surface area (Å²) in [6, 6.07) is 15.7. The fourth-order valence-electron chi connectivity index (χ4n) is 3.12. The van der Waals surface area contributed by atoms with E-state index >= 15 is 0 Å². The highest BCUT2D eigenvalue weighted by Gasteiger charge is 2.24. The van der Waals surface area contributed by atoms with Crippen LogP contribution in [0.2, 0.25) is 5.02 Å². The van der Waals surface area contributed by atoms with Gasteiger partial charge >= 0.3 is 0 Å². The summed E-state index contributed by atoms with van der Waals surface area (Å²) in [5.41, 5.74) is 5.87. The Morgan fingerprint density at radius 3 is 2.75 bits per heavy atom. The van der Waals surface area contributed by atoms with Crippen LogP contribution in [-0.4, -0.2) is 16.1 Å². The van der Waals surface area contributed by atoms with Gasteiger partial charge in [0.25, 0.3) is 5.91 Å². The first-order chi connectivity index (χ1) is 11.7. The standard InChI is InChI=1S/C19H16ClN3O/c20-14-8-5-12(6-9-14)11-21-19(24)18-16-10-7-13-3-1-2-4-15(13)17(16)22-23-18/h1-6,8-9H,7,10-11H2,(H,21,24)(H,22,23). The van der Waals surface area contributed by atoms with Crippen molar-refractivity contribution in [2.24, 2.45) is 0 Å². The Bertz CT molecular complexity index is 899. The van der Waals surface area contributed by atoms with E-state index in [1.807, 2.05) is 36.4 Å². The van der Waals surface area contributed by atoms with Gasteiger partial charge in [-0.15, -0.1) is 0 Å². The number of benzene rings is 2. The van der Waals surface area contributed by atoms with Crippen molar-refractivity contribution in [1.82, 2.24) is 15.5 Å². The molecule has 0 aliphatic heterocycles. The van der Waals surface area contributed by atoms with Crippen LogP contribution in [0.15, 0.2) is 48.5 Å². The van der Waals surface area contributed by atoms with E-state index in [0.717, 1.165) is 35.2 Å². The SMILES string of the molecule is O=C(NCc1ccc(Cl)cc1)c1[nH]nc2c1CCc1ccccc1-2. The lowest BCUT2D eigenvalue weighted by Crippen LogP contribution is -2.24. The van der Waals surface area contributed by atoms with Crippen molar-refractivity contribution < 1.29 is 4.79 Å². The molecule has 1 aliphatic carbocycles. The van der Waals surface area contributed by atoms with E-state index in [2.05, 4.69) is 27.6 Å². The number of halogens is 1. The molecule has 3 aromatic rings. The number of nitrogens with one attached hydrogen (secondary N) is 2. The van der Waals surface area contributed by atoms with Crippen LogP contribution < -0.4 is 5.32 Å². The second kappa shape index (κ2) is 6.13. The highest BCUT2D eigenvalue weighted by molar-refractivity contribution is 6.30. The molecule has 1 heterocycles. The molecule has 0 saturated heterocycles. The summed E-state index contributed by atoms with van der Waals surface area (Å²) in [6.07, 6.45) is 1.76. The second-order valence-electron chi connectivity index (χ2n) is 5.89. The summed E-state index contributed by atoms with van der Waals surface area (Å²) in [7, 11) is 0. The van der Waals surface area contributed by atoms with Crippen LogP contribution in [0.25, 0.3) is 11.3 Å². The molecule has 5 heteroatoms. The quantitative estimate of drug-likeness (QED) is 0.764. The third-order valence-corrected chi connectivity index (χ3v) is 4.63. The van der Waals surface area contributed by atoms with Crippen molar-refractivity contribution in [3.05, 3.63) is 75.9 Å². The average Bonchev–Trinajstić information content (AvgIpc) is 3.05. The Hall–Kier alpha value is -2.59. The fourth-order valence-corrected chi connectivity index (χ4v) is 3.25. The van der Waals surface area contributed by atoms with E-state index in [9.17, 15) is 4.79 Å². The smallest absolute Gasteiger partial charge is 0.269 e. The Morgan fingerprint density at radius 1 is 1.12 bits per heavy atom. The summed E-state index contributed by atoms with van der Waals surface area (Å²) in [6.45, 7) is 0.459. The summed E-state index contributed by atoms with van der Waals surface area (Å²) >= 11 is 5.88. The lowest BCUT2D eigenvalue weighted by molar-refractivity contribution is 0.0945. The number of carbonyl (C=O) groups is 1. The van der Waals surface area contributed by atoms with Gasteiger partial charge in [-0.25, -0.2) is 0 Å². The van der Waals surface area contributed by atoms with Crippen LogP contribution >= 0.6 is 11.6 Å². The summed E-state index contributed by atoms with van der Waals surface area (Å²) < 4.78 is 0. The molecule has 0 radical (unpaired) electrons. The monoisotopic (exact) mass is 337 g/mol. The zero-order valence-corrected chi connectivity index (χ0v) is 13.7.